The first-order valence-corrected chi connectivity index (χ1v) is 11.0. The van der Waals surface area contributed by atoms with Crippen molar-refractivity contribution >= 4 is 41.6 Å². The van der Waals surface area contributed by atoms with E-state index < -0.39 is 30.0 Å². The molecule has 0 heterocycles. The van der Waals surface area contributed by atoms with E-state index in [0.29, 0.717) is 25.8 Å². The Hall–Kier alpha value is -3.48. The molecule has 18 heteroatoms. The fourth-order valence-electron chi connectivity index (χ4n) is 1.33. The molecule has 0 saturated heterocycles. The number of thioether (sulfide) groups is 1. The Bertz CT molecular complexity index is 649. The fraction of sp³-hybridized carbons (Fsp3) is 0.588. The summed E-state index contributed by atoms with van der Waals surface area (Å²) in [7, 11) is 1.44. The van der Waals surface area contributed by atoms with Gasteiger partial charge in [0.15, 0.2) is 11.9 Å². The van der Waals surface area contributed by atoms with E-state index in [1.54, 1.807) is 11.8 Å². The molecule has 0 aliphatic rings. The Labute approximate surface area is 207 Å². The average molecular weight is 530 g/mol. The van der Waals surface area contributed by atoms with Crippen LogP contribution in [0.2, 0.25) is 0 Å². The van der Waals surface area contributed by atoms with Gasteiger partial charge >= 0.3 is 17.9 Å². The normalized spacial score (nSPS) is 11.0. The molecule has 0 aromatic rings. The summed E-state index contributed by atoms with van der Waals surface area (Å²) in [5.41, 5.74) is 30.1. The number of rotatable bonds is 12. The van der Waals surface area contributed by atoms with Crippen molar-refractivity contribution in [2.24, 2.45) is 39.4 Å². The number of carbonyl (C=O) groups is 3. The molecule has 0 spiro atoms. The number of aliphatic imine (C=N–C) groups is 1. The molecule has 0 fully saturated rings. The van der Waals surface area contributed by atoms with E-state index in [1.165, 1.54) is 7.05 Å². The number of aliphatic carboxylic acids is 3. The quantitative estimate of drug-likeness (QED) is 0.0308. The number of nitrogens with one attached hydrogen (secondary N) is 1. The minimum atomic E-state index is -1.00. The van der Waals surface area contributed by atoms with Gasteiger partial charge in [0.2, 0.25) is 0 Å². The third-order valence-corrected chi connectivity index (χ3v) is 3.80. The summed E-state index contributed by atoms with van der Waals surface area (Å²) in [6.45, 7) is 0.193. The molecule has 2 atom stereocenters. The first-order valence-electron chi connectivity index (χ1n) is 9.62. The number of hydrogen-bond acceptors (Lipinski definition) is 11. The molecule has 0 aromatic heterocycles. The topological polar surface area (TPSA) is 337 Å². The average Bonchev–Trinajstić information content (AvgIpc) is 2.75. The highest BCUT2D eigenvalue weighted by molar-refractivity contribution is 7.98. The summed E-state index contributed by atoms with van der Waals surface area (Å²) in [5.74, 6) is -2.32. The van der Waals surface area contributed by atoms with Crippen molar-refractivity contribution in [1.82, 2.24) is 4.90 Å². The van der Waals surface area contributed by atoms with Crippen LogP contribution >= 0.6 is 11.8 Å². The van der Waals surface area contributed by atoms with Crippen LogP contribution in [-0.2, 0) is 19.3 Å². The van der Waals surface area contributed by atoms with Crippen LogP contribution < -0.4 is 34.4 Å². The summed E-state index contributed by atoms with van der Waals surface area (Å²) < 4.78 is 0. The number of guanidine groups is 2. The zero-order valence-electron chi connectivity index (χ0n) is 19.7. The van der Waals surface area contributed by atoms with Crippen LogP contribution in [0.4, 0.5) is 0 Å². The smallest absolute Gasteiger partial charge is 0.323 e. The summed E-state index contributed by atoms with van der Waals surface area (Å²) in [4.78, 5) is 38.4. The minimum absolute atomic E-state index is 0.0129. The highest BCUT2D eigenvalue weighted by Gasteiger charge is 2.10. The van der Waals surface area contributed by atoms with Crippen LogP contribution in [-0.4, -0.2) is 99.5 Å². The number of likely N-dealkylation sites (N-methyl/N-ethyl adjacent to an activating group) is 1. The maximum atomic E-state index is 10.2. The van der Waals surface area contributed by atoms with Crippen LogP contribution in [0.25, 0.3) is 0 Å². The van der Waals surface area contributed by atoms with Crippen molar-refractivity contribution in [3.05, 3.63) is 12.5 Å². The Kier molecular flexibility index (Phi) is 29.7. The molecule has 17 nitrogen and oxygen atoms in total. The zero-order valence-corrected chi connectivity index (χ0v) is 20.6. The van der Waals surface area contributed by atoms with Crippen molar-refractivity contribution < 1.29 is 39.8 Å². The summed E-state index contributed by atoms with van der Waals surface area (Å²) >= 11 is 1.60. The molecule has 206 valence electrons. The maximum Gasteiger partial charge on any atom is 0.323 e. The zero-order chi connectivity index (χ0) is 28.4. The van der Waals surface area contributed by atoms with Gasteiger partial charge in [0.1, 0.15) is 24.9 Å². The molecule has 0 saturated carbocycles. The van der Waals surface area contributed by atoms with Crippen molar-refractivity contribution in [2.75, 3.05) is 32.1 Å². The second kappa shape index (κ2) is 26.8. The van der Waals surface area contributed by atoms with Gasteiger partial charge in [-0.25, -0.2) is 5.26 Å². The van der Waals surface area contributed by atoms with Crippen molar-refractivity contribution in [1.29, 1.82) is 5.41 Å². The molecule has 0 aliphatic heterocycles. The lowest BCUT2D eigenvalue weighted by molar-refractivity contribution is -0.186. The van der Waals surface area contributed by atoms with Crippen molar-refractivity contribution in [2.45, 2.75) is 31.3 Å². The van der Waals surface area contributed by atoms with Gasteiger partial charge in [0.25, 0.3) is 0 Å². The van der Waals surface area contributed by atoms with Gasteiger partial charge in [-0.1, -0.05) is 0 Å². The van der Waals surface area contributed by atoms with Gasteiger partial charge in [-0.2, -0.15) is 11.8 Å². The van der Waals surface area contributed by atoms with Gasteiger partial charge in [-0.3, -0.25) is 24.8 Å². The second-order valence-corrected chi connectivity index (χ2v) is 7.17. The molecule has 17 N–H and O–H groups in total. The van der Waals surface area contributed by atoms with E-state index in [2.05, 4.69) is 15.6 Å². The van der Waals surface area contributed by atoms with Crippen LogP contribution in [0.5, 0.6) is 0 Å². The Balaban J connectivity index is -0.000000190. The number of carboxylic acids is 3. The maximum absolute atomic E-state index is 10.2. The lowest BCUT2D eigenvalue weighted by atomic mass is 10.2. The molecule has 2 unspecified atom stereocenters. The number of carboxylic acid groups (broad SMARTS) is 3. The van der Waals surface area contributed by atoms with E-state index in [4.69, 9.17) is 54.7 Å². The molecule has 0 amide bonds. The molecule has 0 rings (SSSR count). The Morgan fingerprint density at radius 2 is 1.57 bits per heavy atom. The van der Waals surface area contributed by atoms with Gasteiger partial charge in [0.05, 0.1) is 0 Å². The molecular weight excluding hydrogens is 490 g/mol. The Morgan fingerprint density at radius 1 is 1.09 bits per heavy atom. The van der Waals surface area contributed by atoms with Gasteiger partial charge < -0.3 is 59.5 Å². The lowest BCUT2D eigenvalue weighted by Gasteiger charge is -2.12. The summed E-state index contributed by atoms with van der Waals surface area (Å²) in [6, 6.07) is -1.50. The van der Waals surface area contributed by atoms with Gasteiger partial charge in [-0.05, 0) is 31.3 Å². The SMILES string of the molecule is CN(CC(=O)O)C(=N)N.CSCCC(N)C(=O)O.N/C=C\OO.NC(N)=NCCCC(N)C(=O)O. The third kappa shape index (κ3) is 38.1. The predicted molar refractivity (Wildman–Crippen MR) is 133 cm³/mol. The molecular formula is C17H39N9O8S. The minimum Gasteiger partial charge on any atom is -0.480 e. The highest BCUT2D eigenvalue weighted by Crippen LogP contribution is 1.97. The first kappa shape index (κ1) is 38.8. The van der Waals surface area contributed by atoms with Crippen molar-refractivity contribution in [3.8, 4) is 0 Å². The molecule has 0 bridgehead atoms. The fourth-order valence-corrected chi connectivity index (χ4v) is 1.82. The summed E-state index contributed by atoms with van der Waals surface area (Å²) in [6.07, 6.45) is 5.47. The van der Waals surface area contributed by atoms with Crippen LogP contribution in [0, 0.1) is 5.41 Å². The standard InChI is InChI=1S/C6H14N4O2.C5H11NO2S.C4H9N3O2.C2H5NO2/c7-4(5(11)12)2-1-3-10-6(8)9;1-9-3-2-4(6)5(7)8;1-7(4(5)6)2-3(8)9;3-1-2-5-4/h4H,1-3,7H2,(H,11,12)(H4,8,9,10);4H,2-3,6H2,1H3,(H,7,8);2H2,1H3,(H3,5,6)(H,8,9);1-2,4H,3H2/b;;;2-1-. The number of hydrogen-bond donors (Lipinski definition) is 11. The number of nitrogens with zero attached hydrogens (tertiary/aromatic N) is 2. The van der Waals surface area contributed by atoms with Crippen LogP contribution in [0.1, 0.15) is 19.3 Å². The lowest BCUT2D eigenvalue weighted by Crippen LogP contribution is -2.36. The van der Waals surface area contributed by atoms with E-state index in [1.807, 2.05) is 6.26 Å². The second-order valence-electron chi connectivity index (χ2n) is 6.19. The molecule has 0 aromatic carbocycles. The monoisotopic (exact) mass is 529 g/mol. The highest BCUT2D eigenvalue weighted by atomic mass is 32.2. The molecule has 0 radical (unpaired) electrons. The van der Waals surface area contributed by atoms with Crippen LogP contribution in [0.3, 0.4) is 0 Å². The largest absolute Gasteiger partial charge is 0.480 e. The van der Waals surface area contributed by atoms with Crippen LogP contribution in [0.15, 0.2) is 17.5 Å². The number of nitrogens with two attached hydrogens (primary N) is 6. The van der Waals surface area contributed by atoms with Gasteiger partial charge in [-0.15, -0.1) is 0 Å². The predicted octanol–water partition coefficient (Wildman–Crippen LogP) is -2.59. The van der Waals surface area contributed by atoms with E-state index in [0.717, 1.165) is 23.1 Å². The third-order valence-electron chi connectivity index (χ3n) is 3.16. The van der Waals surface area contributed by atoms with Gasteiger partial charge in [0, 0.05) is 19.8 Å². The molecule has 0 aliphatic carbocycles. The van der Waals surface area contributed by atoms with E-state index in [-0.39, 0.29) is 18.5 Å². The molecule has 35 heavy (non-hydrogen) atoms. The van der Waals surface area contributed by atoms with E-state index in [9.17, 15) is 14.4 Å². The first-order chi connectivity index (χ1) is 16.2. The summed E-state index contributed by atoms with van der Waals surface area (Å²) in [5, 5.41) is 38.9. The van der Waals surface area contributed by atoms with E-state index >= 15 is 0 Å². The van der Waals surface area contributed by atoms with Crippen molar-refractivity contribution in [3.63, 3.8) is 0 Å². The Morgan fingerprint density at radius 3 is 1.83 bits per heavy atom.